The molecule has 1 heterocycles. The van der Waals surface area contributed by atoms with Crippen LogP contribution in [-0.2, 0) is 4.79 Å². The van der Waals surface area contributed by atoms with Crippen molar-refractivity contribution in [2.75, 3.05) is 25.7 Å². The highest BCUT2D eigenvalue weighted by atomic mass is 32.1. The van der Waals surface area contributed by atoms with E-state index in [1.54, 1.807) is 19.1 Å². The van der Waals surface area contributed by atoms with Crippen LogP contribution in [0.2, 0.25) is 0 Å². The summed E-state index contributed by atoms with van der Waals surface area (Å²) in [7, 11) is 3.18. The van der Waals surface area contributed by atoms with E-state index in [-0.39, 0.29) is 5.91 Å². The van der Waals surface area contributed by atoms with Crippen LogP contribution in [0.15, 0.2) is 48.2 Å². The zero-order chi connectivity index (χ0) is 19.6. The van der Waals surface area contributed by atoms with Gasteiger partial charge >= 0.3 is 0 Å². The predicted octanol–water partition coefficient (Wildman–Crippen LogP) is 4.01. The molecule has 0 spiro atoms. The van der Waals surface area contributed by atoms with Crippen LogP contribution in [0.1, 0.15) is 18.1 Å². The summed E-state index contributed by atoms with van der Waals surface area (Å²) in [6.07, 6.45) is 1.83. The number of aryl methyl sites for hydroxylation is 1. The summed E-state index contributed by atoms with van der Waals surface area (Å²) < 4.78 is 10.7. The highest BCUT2D eigenvalue weighted by Gasteiger charge is 2.37. The summed E-state index contributed by atoms with van der Waals surface area (Å²) in [6.45, 7) is 4.45. The fourth-order valence-electron chi connectivity index (χ4n) is 2.99. The molecule has 0 saturated carbocycles. The van der Waals surface area contributed by atoms with E-state index in [1.807, 2.05) is 67.3 Å². The van der Waals surface area contributed by atoms with Crippen molar-refractivity contribution < 1.29 is 14.3 Å². The fourth-order valence-corrected chi connectivity index (χ4v) is 3.41. The summed E-state index contributed by atoms with van der Waals surface area (Å²) >= 11 is 5.58. The van der Waals surface area contributed by atoms with Gasteiger partial charge in [0.25, 0.3) is 5.91 Å². The SMILES string of the molecule is CCN1C(=O)/C(=C\c2ccc(OC)c(OC)c2)N(c2ccc(C)cc2)C1=S. The van der Waals surface area contributed by atoms with Crippen molar-refractivity contribution >= 4 is 35.0 Å². The van der Waals surface area contributed by atoms with Gasteiger partial charge in [-0.25, -0.2) is 0 Å². The lowest BCUT2D eigenvalue weighted by Gasteiger charge is -2.20. The molecule has 27 heavy (non-hydrogen) atoms. The number of rotatable bonds is 5. The number of hydrogen-bond acceptors (Lipinski definition) is 4. The minimum absolute atomic E-state index is 0.113. The third-order valence-corrected chi connectivity index (χ3v) is 4.85. The van der Waals surface area contributed by atoms with Gasteiger partial charge in [-0.1, -0.05) is 23.8 Å². The molecule has 0 radical (unpaired) electrons. The Bertz CT molecular complexity index is 906. The zero-order valence-electron chi connectivity index (χ0n) is 15.9. The fraction of sp³-hybridized carbons (Fsp3) is 0.238. The molecule has 0 aromatic heterocycles. The normalized spacial score (nSPS) is 15.6. The molecule has 0 N–H and O–H groups in total. The van der Waals surface area contributed by atoms with Gasteiger partial charge in [-0.3, -0.25) is 14.6 Å². The number of carbonyl (C=O) groups excluding carboxylic acids is 1. The molecule has 3 rings (SSSR count). The number of amides is 1. The molecule has 5 nitrogen and oxygen atoms in total. The van der Waals surface area contributed by atoms with Crippen molar-refractivity contribution in [2.24, 2.45) is 0 Å². The zero-order valence-corrected chi connectivity index (χ0v) is 16.7. The Labute approximate surface area is 164 Å². The molecule has 1 amide bonds. The molecule has 0 unspecified atom stereocenters. The topological polar surface area (TPSA) is 42.0 Å². The maximum Gasteiger partial charge on any atom is 0.277 e. The minimum Gasteiger partial charge on any atom is -0.493 e. The quantitative estimate of drug-likeness (QED) is 0.577. The summed E-state index contributed by atoms with van der Waals surface area (Å²) in [6, 6.07) is 13.5. The van der Waals surface area contributed by atoms with Gasteiger partial charge in [-0.2, -0.15) is 0 Å². The van der Waals surface area contributed by atoms with Crippen molar-refractivity contribution in [3.63, 3.8) is 0 Å². The second-order valence-electron chi connectivity index (χ2n) is 6.15. The van der Waals surface area contributed by atoms with Gasteiger partial charge in [0.15, 0.2) is 16.6 Å². The van der Waals surface area contributed by atoms with Crippen LogP contribution >= 0.6 is 12.2 Å². The van der Waals surface area contributed by atoms with Gasteiger partial charge in [-0.05, 0) is 62.0 Å². The Morgan fingerprint density at radius 3 is 2.30 bits per heavy atom. The molecule has 2 aromatic rings. The number of benzene rings is 2. The third kappa shape index (κ3) is 3.53. The van der Waals surface area contributed by atoms with Gasteiger partial charge in [0, 0.05) is 12.2 Å². The average Bonchev–Trinajstić information content (AvgIpc) is 2.91. The maximum atomic E-state index is 13.0. The molecule has 0 atom stereocenters. The van der Waals surface area contributed by atoms with Crippen molar-refractivity contribution in [3.8, 4) is 11.5 Å². The number of likely N-dealkylation sites (N-methyl/N-ethyl adjacent to an activating group) is 1. The molecule has 2 aromatic carbocycles. The lowest BCUT2D eigenvalue weighted by atomic mass is 10.1. The molecule has 1 aliphatic rings. The van der Waals surface area contributed by atoms with E-state index in [1.165, 1.54) is 0 Å². The number of anilines is 1. The molecule has 1 aliphatic heterocycles. The summed E-state index contributed by atoms with van der Waals surface area (Å²) in [4.78, 5) is 16.4. The summed E-state index contributed by atoms with van der Waals surface area (Å²) in [5.41, 5.74) is 3.35. The highest BCUT2D eigenvalue weighted by molar-refractivity contribution is 7.80. The molecule has 140 valence electrons. The minimum atomic E-state index is -0.113. The van der Waals surface area contributed by atoms with Gasteiger partial charge in [0.05, 0.1) is 14.2 Å². The Kier molecular flexibility index (Phi) is 5.46. The number of hydrogen-bond donors (Lipinski definition) is 0. The second-order valence-corrected chi connectivity index (χ2v) is 6.51. The van der Waals surface area contributed by atoms with Crippen LogP contribution in [0.3, 0.4) is 0 Å². The summed E-state index contributed by atoms with van der Waals surface area (Å²) in [5.74, 6) is 1.13. The molecule has 6 heteroatoms. The van der Waals surface area contributed by atoms with E-state index in [9.17, 15) is 4.79 Å². The van der Waals surface area contributed by atoms with E-state index in [4.69, 9.17) is 21.7 Å². The first-order chi connectivity index (χ1) is 13.0. The highest BCUT2D eigenvalue weighted by Crippen LogP contribution is 2.32. The van der Waals surface area contributed by atoms with E-state index >= 15 is 0 Å². The van der Waals surface area contributed by atoms with Crippen LogP contribution < -0.4 is 14.4 Å². The third-order valence-electron chi connectivity index (χ3n) is 4.45. The smallest absolute Gasteiger partial charge is 0.277 e. The van der Waals surface area contributed by atoms with Crippen molar-refractivity contribution in [2.45, 2.75) is 13.8 Å². The van der Waals surface area contributed by atoms with E-state index in [0.29, 0.717) is 28.9 Å². The molecule has 1 saturated heterocycles. The number of ether oxygens (including phenoxy) is 2. The standard InChI is InChI=1S/C21H22N2O3S/c1-5-22-20(24)17(12-15-8-11-18(25-3)19(13-15)26-4)23(21(22)27)16-9-6-14(2)7-10-16/h6-13H,5H2,1-4H3/b17-12+. The lowest BCUT2D eigenvalue weighted by molar-refractivity contribution is -0.122. The monoisotopic (exact) mass is 382 g/mol. The Hall–Kier alpha value is -2.86. The van der Waals surface area contributed by atoms with Crippen molar-refractivity contribution in [1.82, 2.24) is 4.90 Å². The largest absolute Gasteiger partial charge is 0.493 e. The van der Waals surface area contributed by atoms with Gasteiger partial charge < -0.3 is 9.47 Å². The first-order valence-corrected chi connectivity index (χ1v) is 9.07. The van der Waals surface area contributed by atoms with Crippen LogP contribution in [0.25, 0.3) is 6.08 Å². The number of carbonyl (C=O) groups is 1. The first-order valence-electron chi connectivity index (χ1n) is 8.66. The number of methoxy groups -OCH3 is 2. The number of nitrogens with zero attached hydrogens (tertiary/aromatic N) is 2. The number of thiocarbonyl (C=S) groups is 1. The van der Waals surface area contributed by atoms with Crippen LogP contribution in [-0.4, -0.2) is 36.7 Å². The molecule has 1 fully saturated rings. The molecule has 0 aliphatic carbocycles. The Balaban J connectivity index is 2.09. The first kappa shape index (κ1) is 18.9. The van der Waals surface area contributed by atoms with E-state index < -0.39 is 0 Å². The van der Waals surface area contributed by atoms with Crippen LogP contribution in [0.5, 0.6) is 11.5 Å². The average molecular weight is 382 g/mol. The van der Waals surface area contributed by atoms with Crippen molar-refractivity contribution in [1.29, 1.82) is 0 Å². The maximum absolute atomic E-state index is 13.0. The lowest BCUT2D eigenvalue weighted by Crippen LogP contribution is -2.32. The Morgan fingerprint density at radius 2 is 1.70 bits per heavy atom. The second kappa shape index (κ2) is 7.80. The molecular weight excluding hydrogens is 360 g/mol. The van der Waals surface area contributed by atoms with Crippen molar-refractivity contribution in [3.05, 3.63) is 59.3 Å². The summed E-state index contributed by atoms with van der Waals surface area (Å²) in [5, 5.41) is 0.484. The van der Waals surface area contributed by atoms with E-state index in [0.717, 1.165) is 16.8 Å². The molecule has 0 bridgehead atoms. The molecular formula is C21H22N2O3S. The van der Waals surface area contributed by atoms with Gasteiger partial charge in [0.1, 0.15) is 5.70 Å². The van der Waals surface area contributed by atoms with Crippen LogP contribution in [0, 0.1) is 6.92 Å². The van der Waals surface area contributed by atoms with Gasteiger partial charge in [0.2, 0.25) is 0 Å². The predicted molar refractivity (Wildman–Crippen MR) is 111 cm³/mol. The van der Waals surface area contributed by atoms with Gasteiger partial charge in [-0.15, -0.1) is 0 Å². The van der Waals surface area contributed by atoms with E-state index in [2.05, 4.69) is 0 Å². The van der Waals surface area contributed by atoms with Crippen LogP contribution in [0.4, 0.5) is 5.69 Å². The Morgan fingerprint density at radius 1 is 1.04 bits per heavy atom.